The molecule has 1 aliphatic rings. The van der Waals surface area contributed by atoms with E-state index in [1.54, 1.807) is 0 Å². The number of pyridine rings is 1. The van der Waals surface area contributed by atoms with Crippen LogP contribution in [0.15, 0.2) is 18.3 Å². The molecule has 0 aromatic carbocycles. The minimum atomic E-state index is -0.00397. The second kappa shape index (κ2) is 5.47. The Morgan fingerprint density at radius 1 is 1.59 bits per heavy atom. The lowest BCUT2D eigenvalue weighted by atomic mass is 10.1. The Morgan fingerprint density at radius 2 is 2.41 bits per heavy atom. The lowest BCUT2D eigenvalue weighted by Gasteiger charge is -2.36. The molecule has 2 rings (SSSR count). The quantitative estimate of drug-likeness (QED) is 0.866. The average molecular weight is 235 g/mol. The summed E-state index contributed by atoms with van der Waals surface area (Å²) in [5.74, 6) is 0. The highest BCUT2D eigenvalue weighted by atomic mass is 16.5. The SMILES string of the molecule is CCC1COCCN1c1ccc(C(C)N)nc1. The van der Waals surface area contributed by atoms with Crippen molar-refractivity contribution in [1.29, 1.82) is 0 Å². The van der Waals surface area contributed by atoms with Gasteiger partial charge in [0.25, 0.3) is 0 Å². The van der Waals surface area contributed by atoms with Crippen molar-refractivity contribution in [2.75, 3.05) is 24.7 Å². The van der Waals surface area contributed by atoms with Gasteiger partial charge >= 0.3 is 0 Å². The van der Waals surface area contributed by atoms with Gasteiger partial charge in [0.1, 0.15) is 0 Å². The maximum absolute atomic E-state index is 5.80. The van der Waals surface area contributed by atoms with Crippen molar-refractivity contribution in [3.8, 4) is 0 Å². The number of ether oxygens (including phenoxy) is 1. The van der Waals surface area contributed by atoms with Crippen LogP contribution in [0.4, 0.5) is 5.69 Å². The van der Waals surface area contributed by atoms with E-state index in [9.17, 15) is 0 Å². The van der Waals surface area contributed by atoms with E-state index < -0.39 is 0 Å². The molecule has 4 nitrogen and oxygen atoms in total. The number of aromatic nitrogens is 1. The molecule has 2 heterocycles. The maximum Gasteiger partial charge on any atom is 0.0670 e. The van der Waals surface area contributed by atoms with Gasteiger partial charge in [-0.3, -0.25) is 4.98 Å². The molecule has 0 saturated carbocycles. The van der Waals surface area contributed by atoms with E-state index in [2.05, 4.69) is 22.9 Å². The summed E-state index contributed by atoms with van der Waals surface area (Å²) >= 11 is 0. The van der Waals surface area contributed by atoms with E-state index in [1.807, 2.05) is 19.2 Å². The third-order valence-electron chi connectivity index (χ3n) is 3.27. The van der Waals surface area contributed by atoms with Gasteiger partial charge in [-0.25, -0.2) is 0 Å². The van der Waals surface area contributed by atoms with Crippen molar-refractivity contribution < 1.29 is 4.74 Å². The molecule has 2 unspecified atom stereocenters. The zero-order chi connectivity index (χ0) is 12.3. The first-order chi connectivity index (χ1) is 8.22. The second-order valence-electron chi connectivity index (χ2n) is 4.56. The number of hydrogen-bond donors (Lipinski definition) is 1. The maximum atomic E-state index is 5.80. The Bertz CT molecular complexity index is 350. The summed E-state index contributed by atoms with van der Waals surface area (Å²) in [5.41, 5.74) is 7.91. The molecule has 1 aliphatic heterocycles. The summed E-state index contributed by atoms with van der Waals surface area (Å²) in [6.45, 7) is 6.69. The summed E-state index contributed by atoms with van der Waals surface area (Å²) < 4.78 is 5.50. The second-order valence-corrected chi connectivity index (χ2v) is 4.56. The van der Waals surface area contributed by atoms with Crippen LogP contribution >= 0.6 is 0 Å². The Kier molecular flexibility index (Phi) is 3.97. The first kappa shape index (κ1) is 12.3. The number of morpholine rings is 1. The topological polar surface area (TPSA) is 51.4 Å². The summed E-state index contributed by atoms with van der Waals surface area (Å²) in [6.07, 6.45) is 3.02. The van der Waals surface area contributed by atoms with Crippen LogP contribution < -0.4 is 10.6 Å². The fraction of sp³-hybridized carbons (Fsp3) is 0.615. The normalized spacial score (nSPS) is 22.5. The summed E-state index contributed by atoms with van der Waals surface area (Å²) in [7, 11) is 0. The number of anilines is 1. The molecule has 0 spiro atoms. The molecule has 94 valence electrons. The van der Waals surface area contributed by atoms with Gasteiger partial charge in [-0.05, 0) is 25.5 Å². The Hall–Kier alpha value is -1.13. The molecule has 1 aromatic rings. The van der Waals surface area contributed by atoms with Crippen LogP contribution in [0.5, 0.6) is 0 Å². The Balaban J connectivity index is 2.15. The minimum Gasteiger partial charge on any atom is -0.377 e. The predicted octanol–water partition coefficient (Wildman–Crippen LogP) is 1.72. The highest BCUT2D eigenvalue weighted by molar-refractivity contribution is 5.46. The smallest absolute Gasteiger partial charge is 0.0670 e. The van der Waals surface area contributed by atoms with Gasteiger partial charge in [0, 0.05) is 12.6 Å². The van der Waals surface area contributed by atoms with Crippen LogP contribution in [-0.2, 0) is 4.74 Å². The molecule has 2 atom stereocenters. The van der Waals surface area contributed by atoms with Crippen LogP contribution in [0.1, 0.15) is 32.0 Å². The molecule has 1 fully saturated rings. The molecule has 4 heteroatoms. The Morgan fingerprint density at radius 3 is 3.00 bits per heavy atom. The number of nitrogens with zero attached hydrogens (tertiary/aromatic N) is 2. The monoisotopic (exact) mass is 235 g/mol. The van der Waals surface area contributed by atoms with Gasteiger partial charge in [-0.2, -0.15) is 0 Å². The summed E-state index contributed by atoms with van der Waals surface area (Å²) in [5, 5.41) is 0. The van der Waals surface area contributed by atoms with Gasteiger partial charge in [-0.15, -0.1) is 0 Å². The van der Waals surface area contributed by atoms with Crippen LogP contribution in [0, 0.1) is 0 Å². The van der Waals surface area contributed by atoms with Crippen molar-refractivity contribution in [1.82, 2.24) is 4.98 Å². The highest BCUT2D eigenvalue weighted by Gasteiger charge is 2.21. The van der Waals surface area contributed by atoms with Gasteiger partial charge in [0.2, 0.25) is 0 Å². The van der Waals surface area contributed by atoms with E-state index >= 15 is 0 Å². The molecule has 0 bridgehead atoms. The number of rotatable bonds is 3. The van der Waals surface area contributed by atoms with Crippen molar-refractivity contribution in [2.24, 2.45) is 5.73 Å². The predicted molar refractivity (Wildman–Crippen MR) is 69.1 cm³/mol. The lowest BCUT2D eigenvalue weighted by molar-refractivity contribution is 0.0929. The van der Waals surface area contributed by atoms with E-state index in [1.165, 1.54) is 5.69 Å². The van der Waals surface area contributed by atoms with E-state index in [-0.39, 0.29) is 6.04 Å². The molecule has 0 aliphatic carbocycles. The van der Waals surface area contributed by atoms with Crippen LogP contribution in [0.2, 0.25) is 0 Å². The van der Waals surface area contributed by atoms with Crippen molar-refractivity contribution in [3.63, 3.8) is 0 Å². The molecular formula is C13H21N3O. The van der Waals surface area contributed by atoms with E-state index in [4.69, 9.17) is 10.5 Å². The standard InChI is InChI=1S/C13H21N3O/c1-3-11-9-17-7-6-16(11)12-4-5-13(10(2)14)15-8-12/h4-5,8,10-11H,3,6-7,9,14H2,1-2H3. The molecule has 0 amide bonds. The lowest BCUT2D eigenvalue weighted by Crippen LogP contribution is -2.45. The summed E-state index contributed by atoms with van der Waals surface area (Å²) in [4.78, 5) is 6.79. The average Bonchev–Trinajstić information content (AvgIpc) is 2.39. The molecule has 2 N–H and O–H groups in total. The van der Waals surface area contributed by atoms with Gasteiger partial charge in [-0.1, -0.05) is 6.92 Å². The fourth-order valence-electron chi connectivity index (χ4n) is 2.17. The third kappa shape index (κ3) is 2.76. The van der Waals surface area contributed by atoms with Gasteiger partial charge in [0.15, 0.2) is 0 Å². The van der Waals surface area contributed by atoms with E-state index in [0.717, 1.165) is 31.9 Å². The zero-order valence-corrected chi connectivity index (χ0v) is 10.6. The molecule has 1 aromatic heterocycles. The van der Waals surface area contributed by atoms with Gasteiger partial charge < -0.3 is 15.4 Å². The first-order valence-electron chi connectivity index (χ1n) is 6.28. The zero-order valence-electron chi connectivity index (χ0n) is 10.6. The van der Waals surface area contributed by atoms with Crippen LogP contribution in [-0.4, -0.2) is 30.8 Å². The largest absolute Gasteiger partial charge is 0.377 e. The van der Waals surface area contributed by atoms with Gasteiger partial charge in [0.05, 0.1) is 36.8 Å². The molecule has 0 radical (unpaired) electrons. The molecule has 17 heavy (non-hydrogen) atoms. The third-order valence-corrected chi connectivity index (χ3v) is 3.27. The fourth-order valence-corrected chi connectivity index (χ4v) is 2.17. The molecule has 1 saturated heterocycles. The highest BCUT2D eigenvalue weighted by Crippen LogP contribution is 2.21. The number of hydrogen-bond acceptors (Lipinski definition) is 4. The van der Waals surface area contributed by atoms with Crippen molar-refractivity contribution in [2.45, 2.75) is 32.4 Å². The Labute approximate surface area is 103 Å². The van der Waals surface area contributed by atoms with Crippen molar-refractivity contribution in [3.05, 3.63) is 24.0 Å². The molecular weight excluding hydrogens is 214 g/mol. The minimum absolute atomic E-state index is 0.00397. The van der Waals surface area contributed by atoms with Crippen LogP contribution in [0.3, 0.4) is 0 Å². The first-order valence-corrected chi connectivity index (χ1v) is 6.28. The van der Waals surface area contributed by atoms with E-state index in [0.29, 0.717) is 6.04 Å². The summed E-state index contributed by atoms with van der Waals surface area (Å²) in [6, 6.07) is 4.59. The van der Waals surface area contributed by atoms with Crippen LogP contribution in [0.25, 0.3) is 0 Å². The number of nitrogens with two attached hydrogens (primary N) is 1. The van der Waals surface area contributed by atoms with Crippen molar-refractivity contribution >= 4 is 5.69 Å².